The van der Waals surface area contributed by atoms with Crippen LogP contribution in [0.15, 0.2) is 133 Å². The van der Waals surface area contributed by atoms with E-state index in [0.29, 0.717) is 0 Å². The van der Waals surface area contributed by atoms with Crippen LogP contribution in [-0.4, -0.2) is 0 Å². The molecule has 0 saturated carbocycles. The summed E-state index contributed by atoms with van der Waals surface area (Å²) < 4.78 is 5.43. The van der Waals surface area contributed by atoms with E-state index in [4.69, 9.17) is 0 Å². The summed E-state index contributed by atoms with van der Waals surface area (Å²) in [5.74, 6) is 0. The maximum atomic E-state index is 2.33. The van der Waals surface area contributed by atoms with Gasteiger partial charge in [-0.25, -0.2) is 0 Å². The first kappa shape index (κ1) is 24.5. The van der Waals surface area contributed by atoms with Crippen molar-refractivity contribution in [2.24, 2.45) is 0 Å². The summed E-state index contributed by atoms with van der Waals surface area (Å²) in [6.07, 6.45) is 0. The number of fused-ring (bicyclic) bond motifs is 6. The van der Waals surface area contributed by atoms with Crippen LogP contribution >= 0.6 is 22.7 Å². The highest BCUT2D eigenvalue weighted by atomic mass is 32.1. The van der Waals surface area contributed by atoms with E-state index >= 15 is 0 Å². The summed E-state index contributed by atoms with van der Waals surface area (Å²) >= 11 is 3.78. The molecule has 0 aliphatic rings. The van der Waals surface area contributed by atoms with Crippen LogP contribution in [-0.2, 0) is 5.41 Å². The predicted molar refractivity (Wildman–Crippen MR) is 182 cm³/mol. The average Bonchev–Trinajstić information content (AvgIpc) is 3.60. The SMILES string of the molecule is CC(C)(c1ccc(-c2cccc3c2sc2ccccc23)cc1)c1ccc(-c2cccc3c2sc2ccccc23)cc1. The zero-order chi connectivity index (χ0) is 27.6. The summed E-state index contributed by atoms with van der Waals surface area (Å²) in [6.45, 7) is 4.66. The smallest absolute Gasteiger partial charge is 0.0433 e. The molecule has 0 spiro atoms. The molecule has 8 rings (SSSR count). The lowest BCUT2D eigenvalue weighted by atomic mass is 9.77. The van der Waals surface area contributed by atoms with Crippen LogP contribution in [0.2, 0.25) is 0 Å². The molecule has 2 heterocycles. The van der Waals surface area contributed by atoms with E-state index in [1.54, 1.807) is 0 Å². The molecule has 0 aliphatic carbocycles. The fourth-order valence-corrected chi connectivity index (χ4v) is 8.73. The summed E-state index contributed by atoms with van der Waals surface area (Å²) in [5, 5.41) is 5.39. The minimum atomic E-state index is -0.107. The quantitative estimate of drug-likeness (QED) is 0.201. The Morgan fingerprint density at radius 1 is 0.390 bits per heavy atom. The zero-order valence-corrected chi connectivity index (χ0v) is 24.7. The third kappa shape index (κ3) is 3.94. The highest BCUT2D eigenvalue weighted by molar-refractivity contribution is 7.26. The van der Waals surface area contributed by atoms with E-state index in [1.807, 2.05) is 22.7 Å². The van der Waals surface area contributed by atoms with E-state index in [1.165, 1.54) is 73.7 Å². The van der Waals surface area contributed by atoms with Crippen LogP contribution < -0.4 is 0 Å². The Kier molecular flexibility index (Phi) is 5.63. The number of hydrogen-bond acceptors (Lipinski definition) is 2. The first-order valence-electron chi connectivity index (χ1n) is 14.1. The summed E-state index contributed by atoms with van der Waals surface area (Å²) in [7, 11) is 0. The number of benzene rings is 6. The second-order valence-corrected chi connectivity index (χ2v) is 13.4. The second-order valence-electron chi connectivity index (χ2n) is 11.3. The van der Waals surface area contributed by atoms with Crippen molar-refractivity contribution in [1.29, 1.82) is 0 Å². The van der Waals surface area contributed by atoms with E-state index in [2.05, 4.69) is 147 Å². The van der Waals surface area contributed by atoms with Gasteiger partial charge in [0, 0.05) is 45.8 Å². The molecule has 2 heteroatoms. The average molecular weight is 561 g/mol. The van der Waals surface area contributed by atoms with Gasteiger partial charge in [0.25, 0.3) is 0 Å². The molecule has 0 saturated heterocycles. The van der Waals surface area contributed by atoms with Crippen LogP contribution in [0.25, 0.3) is 62.6 Å². The molecule has 196 valence electrons. The molecule has 0 N–H and O–H groups in total. The highest BCUT2D eigenvalue weighted by Gasteiger charge is 2.23. The third-order valence-corrected chi connectivity index (χ3v) is 11.1. The van der Waals surface area contributed by atoms with Crippen LogP contribution in [0, 0.1) is 0 Å². The van der Waals surface area contributed by atoms with Crippen molar-refractivity contribution in [2.45, 2.75) is 19.3 Å². The minimum Gasteiger partial charge on any atom is -0.135 e. The van der Waals surface area contributed by atoms with Gasteiger partial charge >= 0.3 is 0 Å². The van der Waals surface area contributed by atoms with Gasteiger partial charge < -0.3 is 0 Å². The molecule has 0 aliphatic heterocycles. The Bertz CT molecular complexity index is 2050. The van der Waals surface area contributed by atoms with Gasteiger partial charge in [0.1, 0.15) is 0 Å². The van der Waals surface area contributed by atoms with Gasteiger partial charge in [0.2, 0.25) is 0 Å². The summed E-state index contributed by atoms with van der Waals surface area (Å²) in [6, 6.07) is 49.3. The molecular weight excluding hydrogens is 533 g/mol. The van der Waals surface area contributed by atoms with Crippen molar-refractivity contribution in [3.8, 4) is 22.3 Å². The fourth-order valence-electron chi connectivity index (χ4n) is 6.25. The first-order valence-corrected chi connectivity index (χ1v) is 15.7. The zero-order valence-electron chi connectivity index (χ0n) is 23.0. The monoisotopic (exact) mass is 560 g/mol. The first-order chi connectivity index (χ1) is 20.1. The molecule has 8 aromatic rings. The van der Waals surface area contributed by atoms with E-state index in [9.17, 15) is 0 Å². The second kappa shape index (κ2) is 9.41. The molecule has 0 bridgehead atoms. The Hall–Kier alpha value is -4.24. The Morgan fingerprint density at radius 2 is 0.780 bits per heavy atom. The van der Waals surface area contributed by atoms with Crippen molar-refractivity contribution < 1.29 is 0 Å². The van der Waals surface area contributed by atoms with Crippen LogP contribution in [0.4, 0.5) is 0 Å². The number of rotatable bonds is 4. The molecule has 0 amide bonds. The summed E-state index contributed by atoms with van der Waals surface area (Å²) in [4.78, 5) is 0. The number of hydrogen-bond donors (Lipinski definition) is 0. The molecule has 0 unspecified atom stereocenters. The molecule has 6 aromatic carbocycles. The fraction of sp³-hybridized carbons (Fsp3) is 0.0769. The van der Waals surface area contributed by atoms with E-state index < -0.39 is 0 Å². The van der Waals surface area contributed by atoms with Gasteiger partial charge in [0.05, 0.1) is 0 Å². The van der Waals surface area contributed by atoms with Crippen LogP contribution in [0.3, 0.4) is 0 Å². The molecule has 2 aromatic heterocycles. The van der Waals surface area contributed by atoms with Crippen molar-refractivity contribution >= 4 is 63.0 Å². The lowest BCUT2D eigenvalue weighted by Crippen LogP contribution is -2.18. The maximum Gasteiger partial charge on any atom is 0.0433 e. The molecule has 0 fully saturated rings. The van der Waals surface area contributed by atoms with Crippen molar-refractivity contribution in [3.05, 3.63) is 145 Å². The largest absolute Gasteiger partial charge is 0.135 e. The molecule has 41 heavy (non-hydrogen) atoms. The highest BCUT2D eigenvalue weighted by Crippen LogP contribution is 2.42. The van der Waals surface area contributed by atoms with Crippen LogP contribution in [0.1, 0.15) is 25.0 Å². The predicted octanol–water partition coefficient (Wildman–Crippen LogP) is 12.1. The van der Waals surface area contributed by atoms with Gasteiger partial charge in [-0.3, -0.25) is 0 Å². The van der Waals surface area contributed by atoms with Gasteiger partial charge in [-0.05, 0) is 45.5 Å². The topological polar surface area (TPSA) is 0 Å². The molecule has 0 atom stereocenters. The van der Waals surface area contributed by atoms with Gasteiger partial charge in [-0.1, -0.05) is 135 Å². The third-order valence-electron chi connectivity index (χ3n) is 8.64. The summed E-state index contributed by atoms with van der Waals surface area (Å²) in [5.41, 5.74) is 7.71. The van der Waals surface area contributed by atoms with Crippen LogP contribution in [0.5, 0.6) is 0 Å². The maximum absolute atomic E-state index is 2.33. The Balaban J connectivity index is 1.13. The lowest BCUT2D eigenvalue weighted by Gasteiger charge is -2.26. The molecule has 0 nitrogen and oxygen atoms in total. The minimum absolute atomic E-state index is 0.107. The van der Waals surface area contributed by atoms with E-state index in [0.717, 1.165) is 0 Å². The van der Waals surface area contributed by atoms with Crippen molar-refractivity contribution in [3.63, 3.8) is 0 Å². The van der Waals surface area contributed by atoms with Gasteiger partial charge in [0.15, 0.2) is 0 Å². The van der Waals surface area contributed by atoms with Gasteiger partial charge in [-0.15, -0.1) is 22.7 Å². The standard InChI is InChI=1S/C39H28S2/c1-39(2,27-21-17-25(18-22-27)29-11-7-13-33-31-9-3-5-15-35(31)40-37(29)33)28-23-19-26(20-24-28)30-12-8-14-34-32-10-4-6-16-36(32)41-38(30)34/h3-24H,1-2H3. The number of thiophene rings is 2. The lowest BCUT2D eigenvalue weighted by molar-refractivity contribution is 0.641. The van der Waals surface area contributed by atoms with Crippen molar-refractivity contribution in [1.82, 2.24) is 0 Å². The van der Waals surface area contributed by atoms with Crippen molar-refractivity contribution in [2.75, 3.05) is 0 Å². The molecule has 0 radical (unpaired) electrons. The Morgan fingerprint density at radius 3 is 1.22 bits per heavy atom. The van der Waals surface area contributed by atoms with E-state index in [-0.39, 0.29) is 5.41 Å². The Labute approximate surface area is 248 Å². The van der Waals surface area contributed by atoms with Gasteiger partial charge in [-0.2, -0.15) is 0 Å². The normalized spacial score (nSPS) is 12.1. The molecular formula is C39H28S2.